The van der Waals surface area contributed by atoms with Crippen molar-refractivity contribution in [2.45, 2.75) is 50.0 Å². The van der Waals surface area contributed by atoms with E-state index in [9.17, 15) is 15.0 Å². The number of rotatable bonds is 6. The van der Waals surface area contributed by atoms with Gasteiger partial charge in [0.2, 0.25) is 5.60 Å². The van der Waals surface area contributed by atoms with Gasteiger partial charge in [0, 0.05) is 24.2 Å². The van der Waals surface area contributed by atoms with E-state index in [1.807, 2.05) is 6.07 Å². The molecule has 1 aromatic rings. The molecule has 0 saturated carbocycles. The highest BCUT2D eigenvalue weighted by atomic mass is 16.7. The Morgan fingerprint density at radius 3 is 2.96 bits per heavy atom. The number of aliphatic hydroxyl groups is 1. The number of carboxylic acids is 1. The summed E-state index contributed by atoms with van der Waals surface area (Å²) in [6.07, 6.45) is 1.12. The van der Waals surface area contributed by atoms with Crippen molar-refractivity contribution in [2.24, 2.45) is 5.90 Å². The van der Waals surface area contributed by atoms with Crippen LogP contribution in [0.2, 0.25) is 0 Å². The van der Waals surface area contributed by atoms with E-state index in [2.05, 4.69) is 10.6 Å². The van der Waals surface area contributed by atoms with Gasteiger partial charge in [-0.1, -0.05) is 0 Å². The standard InChI is InChI=1S/C18H26N4O5/c1-18(27-20,17(24)25)15-5-3-10-6-11(2-4-14(10)26-15)16(19)22-12-7-13(9-23)21-8-12/h2,4,6,12-13,15,21,23H,3,5,7-9,20H2,1H3,(H2,19,22)(H,24,25)/t12-,13+,15-,18+/m1/s1. The number of amidine groups is 1. The molecule has 2 heterocycles. The van der Waals surface area contributed by atoms with Gasteiger partial charge in [0.05, 0.1) is 6.61 Å². The average molecular weight is 378 g/mol. The van der Waals surface area contributed by atoms with E-state index < -0.39 is 17.7 Å². The zero-order valence-electron chi connectivity index (χ0n) is 15.2. The van der Waals surface area contributed by atoms with Gasteiger partial charge in [-0.3, -0.25) is 10.2 Å². The number of nitrogens with two attached hydrogens (primary N) is 1. The van der Waals surface area contributed by atoms with Gasteiger partial charge in [0.15, 0.2) is 0 Å². The fourth-order valence-electron chi connectivity index (χ4n) is 3.55. The molecule has 3 rings (SSSR count). The molecule has 0 radical (unpaired) electrons. The molecular formula is C18H26N4O5. The number of hydrogen-bond donors (Lipinski definition) is 6. The Bertz CT molecular complexity index is 728. The minimum Gasteiger partial charge on any atom is -0.486 e. The van der Waals surface area contributed by atoms with E-state index in [1.54, 1.807) is 12.1 Å². The molecule has 0 aliphatic carbocycles. The van der Waals surface area contributed by atoms with Crippen molar-refractivity contribution < 1.29 is 24.6 Å². The zero-order chi connectivity index (χ0) is 19.6. The van der Waals surface area contributed by atoms with Gasteiger partial charge in [-0.2, -0.15) is 0 Å². The number of benzene rings is 1. The number of fused-ring (bicyclic) bond motifs is 1. The molecule has 9 heteroatoms. The van der Waals surface area contributed by atoms with Crippen molar-refractivity contribution in [3.8, 4) is 5.75 Å². The number of hydrogen-bond acceptors (Lipinski definition) is 7. The molecule has 0 amide bonds. The first kappa shape index (κ1) is 19.6. The first-order valence-corrected chi connectivity index (χ1v) is 8.98. The van der Waals surface area contributed by atoms with Crippen LogP contribution in [0.3, 0.4) is 0 Å². The van der Waals surface area contributed by atoms with Crippen molar-refractivity contribution in [1.29, 1.82) is 5.41 Å². The van der Waals surface area contributed by atoms with Crippen molar-refractivity contribution in [2.75, 3.05) is 13.2 Å². The van der Waals surface area contributed by atoms with Gasteiger partial charge < -0.3 is 25.6 Å². The topological polar surface area (TPSA) is 150 Å². The fraction of sp³-hybridized carbons (Fsp3) is 0.556. The molecule has 1 aromatic carbocycles. The van der Waals surface area contributed by atoms with Crippen LogP contribution in [-0.4, -0.2) is 59.0 Å². The minimum atomic E-state index is -1.62. The van der Waals surface area contributed by atoms with Crippen molar-refractivity contribution >= 4 is 11.8 Å². The smallest absolute Gasteiger partial charge is 0.341 e. The highest BCUT2D eigenvalue weighted by molar-refractivity contribution is 5.97. The van der Waals surface area contributed by atoms with E-state index in [0.717, 1.165) is 17.5 Å². The second kappa shape index (κ2) is 7.81. The Balaban J connectivity index is 1.68. The quantitative estimate of drug-likeness (QED) is 0.225. The molecule has 27 heavy (non-hydrogen) atoms. The summed E-state index contributed by atoms with van der Waals surface area (Å²) in [4.78, 5) is 16.2. The van der Waals surface area contributed by atoms with Crippen LogP contribution >= 0.6 is 0 Å². The third kappa shape index (κ3) is 3.91. The lowest BCUT2D eigenvalue weighted by atomic mass is 9.90. The van der Waals surface area contributed by atoms with Gasteiger partial charge in [-0.25, -0.2) is 10.7 Å². The number of aliphatic hydroxyl groups excluding tert-OH is 1. The number of aryl methyl sites for hydroxylation is 1. The summed E-state index contributed by atoms with van der Waals surface area (Å²) in [5.74, 6) is 4.92. The zero-order valence-corrected chi connectivity index (χ0v) is 15.2. The van der Waals surface area contributed by atoms with Gasteiger partial charge in [-0.05, 0) is 49.9 Å². The molecule has 1 fully saturated rings. The van der Waals surface area contributed by atoms with Crippen LogP contribution in [0.25, 0.3) is 0 Å². The first-order chi connectivity index (χ1) is 12.9. The first-order valence-electron chi connectivity index (χ1n) is 8.98. The Hall–Kier alpha value is -2.20. The van der Waals surface area contributed by atoms with Crippen LogP contribution in [-0.2, 0) is 16.1 Å². The summed E-state index contributed by atoms with van der Waals surface area (Å²) in [5.41, 5.74) is 0.0285. The molecule has 0 aromatic heterocycles. The average Bonchev–Trinajstić information content (AvgIpc) is 3.13. The van der Waals surface area contributed by atoms with Gasteiger partial charge in [0.25, 0.3) is 0 Å². The van der Waals surface area contributed by atoms with Gasteiger partial charge >= 0.3 is 5.97 Å². The van der Waals surface area contributed by atoms with Crippen LogP contribution in [0, 0.1) is 5.41 Å². The van der Waals surface area contributed by atoms with E-state index in [1.165, 1.54) is 6.92 Å². The second-order valence-corrected chi connectivity index (χ2v) is 7.24. The van der Waals surface area contributed by atoms with Crippen LogP contribution in [0.15, 0.2) is 18.2 Å². The van der Waals surface area contributed by atoms with Crippen molar-refractivity contribution in [3.05, 3.63) is 29.3 Å². The number of aliphatic carboxylic acids is 1. The molecule has 2 aliphatic rings. The predicted octanol–water partition coefficient (Wildman–Crippen LogP) is -0.248. The van der Waals surface area contributed by atoms with E-state index in [0.29, 0.717) is 31.0 Å². The number of carboxylic acid groups (broad SMARTS) is 1. The third-order valence-electron chi connectivity index (χ3n) is 5.37. The van der Waals surface area contributed by atoms with Crippen LogP contribution in [0.4, 0.5) is 0 Å². The molecule has 2 aliphatic heterocycles. The molecular weight excluding hydrogens is 352 g/mol. The van der Waals surface area contributed by atoms with Crippen molar-refractivity contribution in [3.63, 3.8) is 0 Å². The maximum absolute atomic E-state index is 11.5. The predicted molar refractivity (Wildman–Crippen MR) is 97.7 cm³/mol. The van der Waals surface area contributed by atoms with Crippen LogP contribution in [0.1, 0.15) is 30.9 Å². The van der Waals surface area contributed by atoms with E-state index >= 15 is 0 Å². The van der Waals surface area contributed by atoms with Crippen LogP contribution < -0.4 is 21.3 Å². The van der Waals surface area contributed by atoms with Crippen molar-refractivity contribution in [1.82, 2.24) is 10.6 Å². The number of ether oxygens (including phenoxy) is 1. The molecule has 0 unspecified atom stereocenters. The maximum atomic E-state index is 11.5. The normalized spacial score (nSPS) is 26.6. The number of nitrogens with one attached hydrogen (secondary N) is 3. The molecule has 1 saturated heterocycles. The Labute approximate surface area is 157 Å². The lowest BCUT2D eigenvalue weighted by Crippen LogP contribution is -2.54. The summed E-state index contributed by atoms with van der Waals surface area (Å²) in [7, 11) is 0. The SMILES string of the molecule is C[C@@](ON)(C(=O)O)[C@H]1CCc2cc(C(=N)N[C@H]3CN[C@H](CO)C3)ccc2O1. The summed E-state index contributed by atoms with van der Waals surface area (Å²) in [6, 6.07) is 5.56. The number of carbonyl (C=O) groups is 1. The Morgan fingerprint density at radius 1 is 1.56 bits per heavy atom. The van der Waals surface area contributed by atoms with Gasteiger partial charge in [0.1, 0.15) is 17.7 Å². The summed E-state index contributed by atoms with van der Waals surface area (Å²) >= 11 is 0. The fourth-order valence-corrected chi connectivity index (χ4v) is 3.55. The summed E-state index contributed by atoms with van der Waals surface area (Å²) < 4.78 is 5.83. The van der Waals surface area contributed by atoms with Gasteiger partial charge in [-0.15, -0.1) is 0 Å². The molecule has 0 bridgehead atoms. The highest BCUT2D eigenvalue weighted by Gasteiger charge is 2.46. The monoisotopic (exact) mass is 378 g/mol. The third-order valence-corrected chi connectivity index (χ3v) is 5.37. The largest absolute Gasteiger partial charge is 0.486 e. The molecule has 0 spiro atoms. The highest BCUT2D eigenvalue weighted by Crippen LogP contribution is 2.33. The van der Waals surface area contributed by atoms with E-state index in [-0.39, 0.29) is 18.7 Å². The minimum absolute atomic E-state index is 0.0671. The van der Waals surface area contributed by atoms with Crippen LogP contribution in [0.5, 0.6) is 5.75 Å². The molecule has 148 valence electrons. The Morgan fingerprint density at radius 2 is 2.33 bits per heavy atom. The second-order valence-electron chi connectivity index (χ2n) is 7.24. The lowest BCUT2D eigenvalue weighted by Gasteiger charge is -2.35. The molecule has 4 atom stereocenters. The maximum Gasteiger partial charge on any atom is 0.341 e. The Kier molecular flexibility index (Phi) is 5.66. The lowest BCUT2D eigenvalue weighted by molar-refractivity contribution is -0.179. The summed E-state index contributed by atoms with van der Waals surface area (Å²) in [5, 5.41) is 33.2. The van der Waals surface area contributed by atoms with E-state index in [4.69, 9.17) is 20.9 Å². The molecule has 9 nitrogen and oxygen atoms in total. The summed E-state index contributed by atoms with van der Waals surface area (Å²) in [6.45, 7) is 2.19. The molecule has 7 N–H and O–H groups in total.